The molecule has 0 bridgehead atoms. The van der Waals surface area contributed by atoms with Gasteiger partial charge in [-0.25, -0.2) is 4.98 Å². The van der Waals surface area contributed by atoms with Crippen LogP contribution in [0, 0.1) is 5.92 Å². The number of aliphatic carboxylic acids is 1. The van der Waals surface area contributed by atoms with Crippen LogP contribution in [0.25, 0.3) is 11.2 Å². The molecule has 11 nitrogen and oxygen atoms in total. The van der Waals surface area contributed by atoms with E-state index in [2.05, 4.69) is 20.3 Å². The van der Waals surface area contributed by atoms with E-state index in [1.807, 2.05) is 0 Å². The van der Waals surface area contributed by atoms with Crippen LogP contribution in [0.1, 0.15) is 45.3 Å². The molecular weight excluding hydrogens is 428 g/mol. The molecule has 0 spiro atoms. The topological polar surface area (TPSA) is 169 Å². The molecule has 2 aliphatic rings. The second-order valence-electron chi connectivity index (χ2n) is 8.41. The molecule has 6 N–H and O–H groups in total. The molecule has 0 amide bonds. The number of aliphatic hydroxyl groups is 2. The number of rotatable bonds is 7. The summed E-state index contributed by atoms with van der Waals surface area (Å²) in [4.78, 5) is 24.0. The average molecular weight is 455 g/mol. The summed E-state index contributed by atoms with van der Waals surface area (Å²) in [6.45, 7) is 1.66. The number of ether oxygens (including phenoxy) is 1. The van der Waals surface area contributed by atoms with Crippen molar-refractivity contribution < 1.29 is 24.9 Å². The van der Waals surface area contributed by atoms with Gasteiger partial charge in [0.2, 0.25) is 5.28 Å². The highest BCUT2D eigenvalue weighted by molar-refractivity contribution is 6.28. The Hall–Kier alpha value is -2.05. The zero-order valence-corrected chi connectivity index (χ0v) is 17.8. The Balaban J connectivity index is 1.58. The molecule has 6 atom stereocenters. The van der Waals surface area contributed by atoms with Gasteiger partial charge in [-0.2, -0.15) is 9.97 Å². The number of nitrogens with zero attached hydrogens (tertiary/aromatic N) is 4. The first kappa shape index (κ1) is 22.2. The van der Waals surface area contributed by atoms with E-state index in [0.29, 0.717) is 23.0 Å². The fourth-order valence-corrected chi connectivity index (χ4v) is 4.52. The standard InChI is InChI=1S/C19H27ClN6O5/c1-8(11(21)18(29)30)6-10-13(27)14(28)17(31-10)26-7-22-12-15(23-9-4-2-3-5-9)24-19(20)25-16(12)26/h7-11,13-14,17,27-28H,2-6,21H2,1H3,(H,29,30)(H,23,24,25)/t8?,10-,11+,13-,14-,17-/m1/s1. The number of halogens is 1. The van der Waals surface area contributed by atoms with Crippen molar-refractivity contribution in [2.75, 3.05) is 5.32 Å². The summed E-state index contributed by atoms with van der Waals surface area (Å²) in [5, 5.41) is 33.6. The maximum absolute atomic E-state index is 11.1. The molecule has 3 heterocycles. The lowest BCUT2D eigenvalue weighted by Crippen LogP contribution is -2.40. The highest BCUT2D eigenvalue weighted by atomic mass is 35.5. The van der Waals surface area contributed by atoms with E-state index in [-0.39, 0.29) is 11.7 Å². The van der Waals surface area contributed by atoms with Gasteiger partial charge in [0.05, 0.1) is 12.4 Å². The fraction of sp³-hybridized carbons (Fsp3) is 0.684. The fourth-order valence-electron chi connectivity index (χ4n) is 4.35. The van der Waals surface area contributed by atoms with Crippen LogP contribution >= 0.6 is 11.6 Å². The molecule has 31 heavy (non-hydrogen) atoms. The molecule has 1 aliphatic heterocycles. The van der Waals surface area contributed by atoms with Gasteiger partial charge in [0, 0.05) is 6.04 Å². The SMILES string of the molecule is CC(C[C@H]1O[C@@H](n2cnc3c(NC4CCCC4)nc(Cl)nc32)[C@H](O)[C@@H]1O)[C@H](N)C(=O)O. The number of aromatic nitrogens is 4. The van der Waals surface area contributed by atoms with E-state index in [1.54, 1.807) is 6.92 Å². The summed E-state index contributed by atoms with van der Waals surface area (Å²) in [5.41, 5.74) is 6.53. The molecule has 1 saturated heterocycles. The minimum atomic E-state index is -1.27. The van der Waals surface area contributed by atoms with Gasteiger partial charge in [-0.3, -0.25) is 9.36 Å². The minimum absolute atomic E-state index is 0.0281. The van der Waals surface area contributed by atoms with E-state index >= 15 is 0 Å². The summed E-state index contributed by atoms with van der Waals surface area (Å²) in [5.74, 6) is -1.08. The van der Waals surface area contributed by atoms with Gasteiger partial charge < -0.3 is 31.1 Å². The van der Waals surface area contributed by atoms with E-state index < -0.39 is 42.5 Å². The lowest BCUT2D eigenvalue weighted by molar-refractivity contribution is -0.140. The first-order chi connectivity index (χ1) is 14.8. The minimum Gasteiger partial charge on any atom is -0.480 e. The molecule has 12 heteroatoms. The third-order valence-electron chi connectivity index (χ3n) is 6.20. The van der Waals surface area contributed by atoms with Crippen molar-refractivity contribution in [2.45, 2.75) is 75.7 Å². The average Bonchev–Trinajstić information content (AvgIpc) is 3.44. The van der Waals surface area contributed by atoms with Gasteiger partial charge in [0.25, 0.3) is 0 Å². The van der Waals surface area contributed by atoms with Gasteiger partial charge in [0.15, 0.2) is 23.2 Å². The summed E-state index contributed by atoms with van der Waals surface area (Å²) < 4.78 is 7.42. The Labute approximate surface area is 183 Å². The summed E-state index contributed by atoms with van der Waals surface area (Å²) in [6.07, 6.45) is 1.75. The predicted molar refractivity (Wildman–Crippen MR) is 112 cm³/mol. The van der Waals surface area contributed by atoms with E-state index in [1.165, 1.54) is 10.9 Å². The second-order valence-corrected chi connectivity index (χ2v) is 8.75. The lowest BCUT2D eigenvalue weighted by atomic mass is 9.93. The van der Waals surface area contributed by atoms with Gasteiger partial charge in [0.1, 0.15) is 18.2 Å². The molecule has 1 saturated carbocycles. The Morgan fingerprint density at radius 2 is 2.06 bits per heavy atom. The first-order valence-electron chi connectivity index (χ1n) is 10.4. The number of fused-ring (bicyclic) bond motifs is 1. The van der Waals surface area contributed by atoms with Gasteiger partial charge >= 0.3 is 5.97 Å². The summed E-state index contributed by atoms with van der Waals surface area (Å²) in [6, 6.07) is -0.810. The molecule has 170 valence electrons. The number of aliphatic hydroxyl groups excluding tert-OH is 2. The zero-order valence-electron chi connectivity index (χ0n) is 17.1. The number of anilines is 1. The number of nitrogens with one attached hydrogen (secondary N) is 1. The van der Waals surface area contributed by atoms with Crippen LogP contribution in [0.15, 0.2) is 6.33 Å². The van der Waals surface area contributed by atoms with Crippen LogP contribution in [-0.2, 0) is 9.53 Å². The van der Waals surface area contributed by atoms with Crippen molar-refractivity contribution in [1.29, 1.82) is 0 Å². The third kappa shape index (κ3) is 4.33. The molecule has 0 radical (unpaired) electrons. The molecule has 2 aromatic rings. The van der Waals surface area contributed by atoms with Crippen LogP contribution in [0.4, 0.5) is 5.82 Å². The maximum atomic E-state index is 11.1. The molecule has 1 unspecified atom stereocenters. The molecule has 2 aromatic heterocycles. The van der Waals surface area contributed by atoms with Crippen LogP contribution in [0.5, 0.6) is 0 Å². The summed E-state index contributed by atoms with van der Waals surface area (Å²) >= 11 is 6.15. The molecule has 4 rings (SSSR count). The number of imidazole rings is 1. The molecule has 0 aromatic carbocycles. The Morgan fingerprint density at radius 3 is 2.74 bits per heavy atom. The largest absolute Gasteiger partial charge is 0.480 e. The number of carboxylic acids is 1. The first-order valence-corrected chi connectivity index (χ1v) is 10.8. The summed E-state index contributed by atoms with van der Waals surface area (Å²) in [7, 11) is 0. The quantitative estimate of drug-likeness (QED) is 0.378. The molecular formula is C19H27ClN6O5. The Morgan fingerprint density at radius 1 is 1.35 bits per heavy atom. The van der Waals surface area contributed by atoms with Crippen molar-refractivity contribution in [3.8, 4) is 0 Å². The smallest absolute Gasteiger partial charge is 0.320 e. The Bertz CT molecular complexity index is 951. The van der Waals surface area contributed by atoms with Crippen LogP contribution in [0.2, 0.25) is 5.28 Å². The van der Waals surface area contributed by atoms with Crippen molar-refractivity contribution in [3.05, 3.63) is 11.6 Å². The second kappa shape index (κ2) is 8.83. The number of carboxylic acid groups (broad SMARTS) is 1. The Kier molecular flexibility index (Phi) is 6.31. The van der Waals surface area contributed by atoms with Crippen LogP contribution in [-0.4, -0.2) is 71.2 Å². The molecule has 2 fully saturated rings. The normalized spacial score (nSPS) is 28.8. The number of nitrogens with two attached hydrogens (primary N) is 1. The van der Waals surface area contributed by atoms with Crippen molar-refractivity contribution in [1.82, 2.24) is 19.5 Å². The monoisotopic (exact) mass is 454 g/mol. The van der Waals surface area contributed by atoms with Crippen molar-refractivity contribution >= 4 is 34.6 Å². The van der Waals surface area contributed by atoms with Crippen molar-refractivity contribution in [3.63, 3.8) is 0 Å². The van der Waals surface area contributed by atoms with E-state index in [9.17, 15) is 15.0 Å². The number of hydrogen-bond donors (Lipinski definition) is 5. The number of hydrogen-bond acceptors (Lipinski definition) is 9. The van der Waals surface area contributed by atoms with Gasteiger partial charge in [-0.05, 0) is 36.8 Å². The van der Waals surface area contributed by atoms with E-state index in [0.717, 1.165) is 25.7 Å². The highest BCUT2D eigenvalue weighted by Gasteiger charge is 2.45. The zero-order chi connectivity index (χ0) is 22.3. The highest BCUT2D eigenvalue weighted by Crippen LogP contribution is 2.36. The molecule has 1 aliphatic carbocycles. The lowest BCUT2D eigenvalue weighted by Gasteiger charge is -2.21. The van der Waals surface area contributed by atoms with E-state index in [4.69, 9.17) is 27.2 Å². The van der Waals surface area contributed by atoms with Crippen LogP contribution in [0.3, 0.4) is 0 Å². The van der Waals surface area contributed by atoms with Gasteiger partial charge in [-0.15, -0.1) is 0 Å². The van der Waals surface area contributed by atoms with Crippen LogP contribution < -0.4 is 11.1 Å². The van der Waals surface area contributed by atoms with Gasteiger partial charge in [-0.1, -0.05) is 19.8 Å². The third-order valence-corrected chi connectivity index (χ3v) is 6.37. The predicted octanol–water partition coefficient (Wildman–Crippen LogP) is 0.891. The van der Waals surface area contributed by atoms with Crippen molar-refractivity contribution in [2.24, 2.45) is 11.7 Å². The number of carbonyl (C=O) groups is 1. The maximum Gasteiger partial charge on any atom is 0.320 e.